The van der Waals surface area contributed by atoms with Crippen molar-refractivity contribution in [3.63, 3.8) is 0 Å². The van der Waals surface area contributed by atoms with Gasteiger partial charge in [-0.25, -0.2) is 0 Å². The number of hydrogen-bond acceptors (Lipinski definition) is 5. The van der Waals surface area contributed by atoms with E-state index in [1.54, 1.807) is 23.1 Å². The van der Waals surface area contributed by atoms with Gasteiger partial charge in [-0.05, 0) is 25.1 Å². The molecular weight excluding hydrogens is 346 g/mol. The molecule has 0 saturated carbocycles. The Morgan fingerprint density at radius 3 is 2.72 bits per heavy atom. The standard InChI is InChI=1S/C17H22ClN3O4/c1-11-15(19-4-7-25-11)16(22)20-12-2-3-13(14(18)10-12)17(23)21-5-8-24-9-6-21/h2-3,10-11,15,19H,4-9H2,1H3,(H,20,22)/t11-,15+/m1/s1. The first-order valence-electron chi connectivity index (χ1n) is 8.38. The third-order valence-corrected chi connectivity index (χ3v) is 4.68. The first-order valence-corrected chi connectivity index (χ1v) is 8.76. The third-order valence-electron chi connectivity index (χ3n) is 4.36. The highest BCUT2D eigenvalue weighted by Gasteiger charge is 2.28. The van der Waals surface area contributed by atoms with Gasteiger partial charge in [-0.3, -0.25) is 9.59 Å². The number of hydrogen-bond donors (Lipinski definition) is 2. The summed E-state index contributed by atoms with van der Waals surface area (Å²) >= 11 is 6.27. The van der Waals surface area contributed by atoms with Gasteiger partial charge in [0.25, 0.3) is 5.91 Å². The lowest BCUT2D eigenvalue weighted by Crippen LogP contribution is -2.53. The van der Waals surface area contributed by atoms with Crippen LogP contribution in [-0.4, -0.2) is 68.3 Å². The van der Waals surface area contributed by atoms with E-state index in [4.69, 9.17) is 21.1 Å². The number of carbonyl (C=O) groups excluding carboxylic acids is 2. The molecule has 2 N–H and O–H groups in total. The Hall–Kier alpha value is -1.67. The lowest BCUT2D eigenvalue weighted by molar-refractivity contribution is -0.123. The first-order chi connectivity index (χ1) is 12.1. The maximum Gasteiger partial charge on any atom is 0.255 e. The summed E-state index contributed by atoms with van der Waals surface area (Å²) in [7, 11) is 0. The van der Waals surface area contributed by atoms with E-state index in [1.165, 1.54) is 0 Å². The number of amides is 2. The van der Waals surface area contributed by atoms with Crippen LogP contribution in [0.5, 0.6) is 0 Å². The molecule has 0 radical (unpaired) electrons. The predicted molar refractivity (Wildman–Crippen MR) is 94.0 cm³/mol. The molecule has 0 spiro atoms. The van der Waals surface area contributed by atoms with Gasteiger partial charge in [0.1, 0.15) is 6.04 Å². The number of nitrogens with zero attached hydrogens (tertiary/aromatic N) is 1. The van der Waals surface area contributed by atoms with Gasteiger partial charge in [0.05, 0.1) is 36.5 Å². The molecule has 1 aromatic rings. The van der Waals surface area contributed by atoms with Crippen molar-refractivity contribution in [2.45, 2.75) is 19.1 Å². The SMILES string of the molecule is C[C@H]1OCCN[C@@H]1C(=O)Nc1ccc(C(=O)N2CCOCC2)c(Cl)c1. The summed E-state index contributed by atoms with van der Waals surface area (Å²) < 4.78 is 10.7. The summed E-state index contributed by atoms with van der Waals surface area (Å²) in [5.41, 5.74) is 0.974. The monoisotopic (exact) mass is 367 g/mol. The fourth-order valence-electron chi connectivity index (χ4n) is 2.95. The van der Waals surface area contributed by atoms with Gasteiger partial charge in [0, 0.05) is 25.3 Å². The molecule has 136 valence electrons. The van der Waals surface area contributed by atoms with Crippen molar-refractivity contribution in [1.82, 2.24) is 10.2 Å². The molecule has 0 aliphatic carbocycles. The van der Waals surface area contributed by atoms with E-state index >= 15 is 0 Å². The minimum absolute atomic E-state index is 0.123. The van der Waals surface area contributed by atoms with Gasteiger partial charge in [-0.2, -0.15) is 0 Å². The van der Waals surface area contributed by atoms with Crippen molar-refractivity contribution in [3.8, 4) is 0 Å². The molecule has 2 fully saturated rings. The van der Waals surface area contributed by atoms with Crippen LogP contribution in [0.25, 0.3) is 0 Å². The zero-order valence-electron chi connectivity index (χ0n) is 14.1. The quantitative estimate of drug-likeness (QED) is 0.837. The highest BCUT2D eigenvalue weighted by atomic mass is 35.5. The second-order valence-electron chi connectivity index (χ2n) is 6.10. The summed E-state index contributed by atoms with van der Waals surface area (Å²) in [5.74, 6) is -0.308. The molecule has 2 atom stereocenters. The second-order valence-corrected chi connectivity index (χ2v) is 6.50. The van der Waals surface area contributed by atoms with E-state index in [0.717, 1.165) is 0 Å². The number of halogens is 1. The maximum atomic E-state index is 12.5. The fourth-order valence-corrected chi connectivity index (χ4v) is 3.21. The summed E-state index contributed by atoms with van der Waals surface area (Å²) in [6, 6.07) is 4.51. The molecule has 2 aliphatic rings. The minimum atomic E-state index is -0.415. The van der Waals surface area contributed by atoms with Crippen LogP contribution in [0.1, 0.15) is 17.3 Å². The van der Waals surface area contributed by atoms with Gasteiger partial charge < -0.3 is 25.0 Å². The Morgan fingerprint density at radius 1 is 1.28 bits per heavy atom. The van der Waals surface area contributed by atoms with E-state index in [0.29, 0.717) is 55.7 Å². The summed E-state index contributed by atoms with van der Waals surface area (Å²) in [4.78, 5) is 26.6. The molecule has 2 aliphatic heterocycles. The Kier molecular flexibility index (Phi) is 5.90. The zero-order valence-corrected chi connectivity index (χ0v) is 14.8. The van der Waals surface area contributed by atoms with Crippen molar-refractivity contribution in [3.05, 3.63) is 28.8 Å². The van der Waals surface area contributed by atoms with Crippen LogP contribution in [0, 0.1) is 0 Å². The Bertz CT molecular complexity index is 649. The normalized spacial score (nSPS) is 24.0. The number of anilines is 1. The molecule has 1 aromatic carbocycles. The Balaban J connectivity index is 1.67. The van der Waals surface area contributed by atoms with Crippen LogP contribution in [0.2, 0.25) is 5.02 Å². The molecule has 2 saturated heterocycles. The molecule has 0 unspecified atom stereocenters. The van der Waals surface area contributed by atoms with Crippen molar-refractivity contribution in [2.24, 2.45) is 0 Å². The number of benzene rings is 1. The average Bonchev–Trinajstić information content (AvgIpc) is 2.62. The van der Waals surface area contributed by atoms with Crippen LogP contribution >= 0.6 is 11.6 Å². The zero-order chi connectivity index (χ0) is 17.8. The van der Waals surface area contributed by atoms with Gasteiger partial charge >= 0.3 is 0 Å². The van der Waals surface area contributed by atoms with Crippen molar-refractivity contribution < 1.29 is 19.1 Å². The summed E-state index contributed by atoms with van der Waals surface area (Å²) in [6.07, 6.45) is -0.202. The molecule has 25 heavy (non-hydrogen) atoms. The highest BCUT2D eigenvalue weighted by Crippen LogP contribution is 2.23. The highest BCUT2D eigenvalue weighted by molar-refractivity contribution is 6.34. The smallest absolute Gasteiger partial charge is 0.255 e. The van der Waals surface area contributed by atoms with E-state index in [-0.39, 0.29) is 17.9 Å². The van der Waals surface area contributed by atoms with Crippen LogP contribution in [0.4, 0.5) is 5.69 Å². The Labute approximate surface area is 151 Å². The topological polar surface area (TPSA) is 79.9 Å². The van der Waals surface area contributed by atoms with Crippen LogP contribution in [0.3, 0.4) is 0 Å². The van der Waals surface area contributed by atoms with Gasteiger partial charge in [0.2, 0.25) is 5.91 Å². The number of carbonyl (C=O) groups is 2. The van der Waals surface area contributed by atoms with Gasteiger partial charge in [-0.15, -0.1) is 0 Å². The van der Waals surface area contributed by atoms with E-state index in [2.05, 4.69) is 10.6 Å². The summed E-state index contributed by atoms with van der Waals surface area (Å²) in [5, 5.41) is 6.27. The number of ether oxygens (including phenoxy) is 2. The second kappa shape index (κ2) is 8.14. The van der Waals surface area contributed by atoms with Crippen LogP contribution in [-0.2, 0) is 14.3 Å². The maximum absolute atomic E-state index is 12.5. The lowest BCUT2D eigenvalue weighted by Gasteiger charge is -2.29. The van der Waals surface area contributed by atoms with Gasteiger partial charge in [0.15, 0.2) is 0 Å². The molecule has 0 bridgehead atoms. The first kappa shape index (κ1) is 18.1. The molecule has 2 heterocycles. The number of nitrogens with one attached hydrogen (secondary N) is 2. The predicted octanol–water partition coefficient (Wildman–Crippen LogP) is 1.13. The molecule has 3 rings (SSSR count). The molecule has 8 heteroatoms. The van der Waals surface area contributed by atoms with E-state index < -0.39 is 6.04 Å². The molecule has 7 nitrogen and oxygen atoms in total. The number of rotatable bonds is 3. The largest absolute Gasteiger partial charge is 0.378 e. The van der Waals surface area contributed by atoms with E-state index in [9.17, 15) is 9.59 Å². The van der Waals surface area contributed by atoms with Crippen molar-refractivity contribution >= 4 is 29.1 Å². The van der Waals surface area contributed by atoms with Gasteiger partial charge in [-0.1, -0.05) is 11.6 Å². The van der Waals surface area contributed by atoms with Crippen molar-refractivity contribution in [1.29, 1.82) is 0 Å². The minimum Gasteiger partial charge on any atom is -0.378 e. The van der Waals surface area contributed by atoms with E-state index in [1.807, 2.05) is 6.92 Å². The average molecular weight is 368 g/mol. The van der Waals surface area contributed by atoms with Crippen LogP contribution in [0.15, 0.2) is 18.2 Å². The fraction of sp³-hybridized carbons (Fsp3) is 0.529. The Morgan fingerprint density at radius 2 is 2.04 bits per heavy atom. The summed E-state index contributed by atoms with van der Waals surface area (Å²) in [6.45, 7) is 5.26. The number of morpholine rings is 2. The molecule has 0 aromatic heterocycles. The third kappa shape index (κ3) is 4.30. The van der Waals surface area contributed by atoms with Crippen LogP contribution < -0.4 is 10.6 Å². The molecular formula is C17H22ClN3O4. The molecule has 2 amide bonds. The van der Waals surface area contributed by atoms with Crippen molar-refractivity contribution in [2.75, 3.05) is 44.8 Å². The lowest BCUT2D eigenvalue weighted by atomic mass is 10.1.